The van der Waals surface area contributed by atoms with Crippen molar-refractivity contribution in [2.45, 2.75) is 38.6 Å². The summed E-state index contributed by atoms with van der Waals surface area (Å²) < 4.78 is 5.41. The van der Waals surface area contributed by atoms with Gasteiger partial charge in [-0.2, -0.15) is 0 Å². The fourth-order valence-electron chi connectivity index (χ4n) is 3.72. The number of ether oxygens (including phenoxy) is 1. The number of likely N-dealkylation sites (tertiary alicyclic amines) is 1. The molecule has 1 aromatic carbocycles. The zero-order valence-electron chi connectivity index (χ0n) is 14.9. The Hall–Kier alpha value is -1.75. The van der Waals surface area contributed by atoms with Gasteiger partial charge in [-0.25, -0.2) is 0 Å². The van der Waals surface area contributed by atoms with Crippen LogP contribution in [0.15, 0.2) is 18.2 Å². The molecule has 2 fully saturated rings. The highest BCUT2D eigenvalue weighted by Gasteiger charge is 2.49. The Morgan fingerprint density at radius 2 is 2.12 bits per heavy atom. The number of methoxy groups -OCH3 is 1. The molecule has 0 spiro atoms. The van der Waals surface area contributed by atoms with E-state index in [4.69, 9.17) is 16.3 Å². The first-order valence-corrected chi connectivity index (χ1v) is 9.24. The van der Waals surface area contributed by atoms with Crippen molar-refractivity contribution in [3.8, 4) is 5.75 Å². The number of nitrogens with zero attached hydrogens (tertiary/aromatic N) is 1. The van der Waals surface area contributed by atoms with E-state index < -0.39 is 0 Å². The highest BCUT2D eigenvalue weighted by Crippen LogP contribution is 2.53. The number of benzene rings is 1. The van der Waals surface area contributed by atoms with Crippen molar-refractivity contribution >= 4 is 23.4 Å². The topological polar surface area (TPSA) is 58.6 Å². The monoisotopic (exact) mass is 364 g/mol. The largest absolute Gasteiger partial charge is 0.496 e. The summed E-state index contributed by atoms with van der Waals surface area (Å²) in [6.07, 6.45) is 1.27. The predicted molar refractivity (Wildman–Crippen MR) is 96.8 cm³/mol. The molecule has 6 heteroatoms. The van der Waals surface area contributed by atoms with Crippen LogP contribution >= 0.6 is 11.6 Å². The van der Waals surface area contributed by atoms with E-state index in [2.05, 4.69) is 12.2 Å². The van der Waals surface area contributed by atoms with Crippen molar-refractivity contribution in [1.82, 2.24) is 10.2 Å². The number of carbonyl (C=O) groups excluding carboxylic acids is 2. The number of hydrogen-bond donors (Lipinski definition) is 1. The predicted octanol–water partition coefficient (Wildman–Crippen LogP) is 2.83. The third-order valence-corrected chi connectivity index (χ3v) is 5.63. The second-order valence-corrected chi connectivity index (χ2v) is 7.46. The zero-order chi connectivity index (χ0) is 18.1. The average molecular weight is 365 g/mol. The Kier molecular flexibility index (Phi) is 5.23. The number of carbonyl (C=O) groups is 2. The van der Waals surface area contributed by atoms with Gasteiger partial charge in [-0.15, -0.1) is 0 Å². The van der Waals surface area contributed by atoms with Gasteiger partial charge in [0.25, 0.3) is 0 Å². The van der Waals surface area contributed by atoms with Gasteiger partial charge in [-0.1, -0.05) is 31.5 Å². The molecule has 25 heavy (non-hydrogen) atoms. The Balaban J connectivity index is 1.66. The van der Waals surface area contributed by atoms with Crippen molar-refractivity contribution in [2.75, 3.05) is 20.2 Å². The lowest BCUT2D eigenvalue weighted by Gasteiger charge is -2.18. The minimum absolute atomic E-state index is 0.0382. The van der Waals surface area contributed by atoms with Crippen LogP contribution in [0, 0.1) is 11.8 Å². The van der Waals surface area contributed by atoms with Crippen LogP contribution in [-0.2, 0) is 9.59 Å². The smallest absolute Gasteiger partial charge is 0.226 e. The van der Waals surface area contributed by atoms with Gasteiger partial charge in [0.15, 0.2) is 0 Å². The third-order valence-electron chi connectivity index (χ3n) is 5.30. The maximum atomic E-state index is 12.9. The molecule has 1 aliphatic carbocycles. The molecule has 136 valence electrons. The van der Waals surface area contributed by atoms with Crippen LogP contribution in [0.4, 0.5) is 0 Å². The van der Waals surface area contributed by atoms with Gasteiger partial charge >= 0.3 is 0 Å². The first kappa shape index (κ1) is 18.1. The summed E-state index contributed by atoms with van der Waals surface area (Å²) in [7, 11) is 1.62. The van der Waals surface area contributed by atoms with E-state index in [-0.39, 0.29) is 35.6 Å². The van der Waals surface area contributed by atoms with E-state index >= 15 is 0 Å². The van der Waals surface area contributed by atoms with E-state index in [1.54, 1.807) is 7.11 Å². The summed E-state index contributed by atoms with van der Waals surface area (Å²) in [6, 6.07) is 5.62. The first-order valence-electron chi connectivity index (χ1n) is 8.86. The quantitative estimate of drug-likeness (QED) is 0.874. The van der Waals surface area contributed by atoms with Crippen LogP contribution in [0.3, 0.4) is 0 Å². The summed E-state index contributed by atoms with van der Waals surface area (Å²) in [5.74, 6) is 1.29. The van der Waals surface area contributed by atoms with Gasteiger partial charge in [0, 0.05) is 41.9 Å². The lowest BCUT2D eigenvalue weighted by Crippen LogP contribution is -2.40. The molecule has 3 rings (SSSR count). The van der Waals surface area contributed by atoms with Crippen molar-refractivity contribution in [1.29, 1.82) is 0 Å². The summed E-state index contributed by atoms with van der Waals surface area (Å²) in [4.78, 5) is 26.4. The van der Waals surface area contributed by atoms with Gasteiger partial charge in [-0.05, 0) is 24.5 Å². The fraction of sp³-hybridized carbons (Fsp3) is 0.579. The van der Waals surface area contributed by atoms with E-state index in [9.17, 15) is 9.59 Å². The van der Waals surface area contributed by atoms with Crippen LogP contribution < -0.4 is 10.1 Å². The highest BCUT2D eigenvalue weighted by atomic mass is 35.5. The molecule has 0 bridgehead atoms. The summed E-state index contributed by atoms with van der Waals surface area (Å²) in [5, 5.41) is 3.67. The Morgan fingerprint density at radius 3 is 2.80 bits per heavy atom. The van der Waals surface area contributed by atoms with Crippen molar-refractivity contribution in [3.63, 3.8) is 0 Å². The fourth-order valence-corrected chi connectivity index (χ4v) is 4.03. The molecule has 1 saturated carbocycles. The second kappa shape index (κ2) is 7.24. The summed E-state index contributed by atoms with van der Waals surface area (Å²) in [6.45, 7) is 5.20. The standard InChI is InChI=1S/C19H25ClN2O3/c1-4-17(23)21-15-10-22(9-11(15)2)19(24)13-8-12(13)18-14(20)6-5-7-16(18)25-3/h5-7,11-13,15H,4,8-10H2,1-3H3,(H,21,23)/t11-,12-,13-,15-/m1/s1. The van der Waals surface area contributed by atoms with Crippen LogP contribution in [0.1, 0.15) is 38.2 Å². The molecule has 4 atom stereocenters. The van der Waals surface area contributed by atoms with Gasteiger partial charge in [0.05, 0.1) is 13.2 Å². The normalized spacial score (nSPS) is 27.9. The molecule has 0 aromatic heterocycles. The molecule has 1 saturated heterocycles. The molecule has 5 nitrogen and oxygen atoms in total. The van der Waals surface area contributed by atoms with E-state index in [0.29, 0.717) is 24.5 Å². The van der Waals surface area contributed by atoms with Crippen LogP contribution in [0.5, 0.6) is 5.75 Å². The number of rotatable bonds is 5. The maximum absolute atomic E-state index is 12.9. The van der Waals surface area contributed by atoms with E-state index in [1.807, 2.05) is 30.0 Å². The van der Waals surface area contributed by atoms with E-state index in [0.717, 1.165) is 17.7 Å². The van der Waals surface area contributed by atoms with E-state index in [1.165, 1.54) is 0 Å². The molecule has 1 N–H and O–H groups in total. The van der Waals surface area contributed by atoms with Gasteiger partial charge in [-0.3, -0.25) is 9.59 Å². The molecular formula is C19H25ClN2O3. The van der Waals surface area contributed by atoms with Crippen molar-refractivity contribution < 1.29 is 14.3 Å². The van der Waals surface area contributed by atoms with Gasteiger partial charge in [0.1, 0.15) is 5.75 Å². The molecule has 1 heterocycles. The molecule has 0 unspecified atom stereocenters. The van der Waals surface area contributed by atoms with Gasteiger partial charge < -0.3 is 15.0 Å². The number of halogens is 1. The van der Waals surface area contributed by atoms with Gasteiger partial charge in [0.2, 0.25) is 11.8 Å². The highest BCUT2D eigenvalue weighted by molar-refractivity contribution is 6.31. The lowest BCUT2D eigenvalue weighted by atomic mass is 10.1. The van der Waals surface area contributed by atoms with Crippen LogP contribution in [-0.4, -0.2) is 43.0 Å². The molecule has 2 amide bonds. The van der Waals surface area contributed by atoms with Crippen molar-refractivity contribution in [2.24, 2.45) is 11.8 Å². The van der Waals surface area contributed by atoms with Crippen LogP contribution in [0.25, 0.3) is 0 Å². The Bertz CT molecular complexity index is 679. The number of amides is 2. The summed E-state index contributed by atoms with van der Waals surface area (Å²) >= 11 is 6.34. The minimum atomic E-state index is -0.0402. The molecule has 0 radical (unpaired) electrons. The number of nitrogens with one attached hydrogen (secondary N) is 1. The minimum Gasteiger partial charge on any atom is -0.496 e. The Labute approximate surface area is 153 Å². The SMILES string of the molecule is CCC(=O)N[C@@H]1CN(C(=O)[C@@H]2C[C@H]2c2c(Cl)cccc2OC)C[C@H]1C. The molecule has 1 aliphatic heterocycles. The Morgan fingerprint density at radius 1 is 1.36 bits per heavy atom. The van der Waals surface area contributed by atoms with Crippen molar-refractivity contribution in [3.05, 3.63) is 28.8 Å². The van der Waals surface area contributed by atoms with Crippen LogP contribution in [0.2, 0.25) is 5.02 Å². The summed E-state index contributed by atoms with van der Waals surface area (Å²) in [5.41, 5.74) is 0.938. The lowest BCUT2D eigenvalue weighted by molar-refractivity contribution is -0.132. The average Bonchev–Trinajstić information content (AvgIpc) is 3.30. The first-order chi connectivity index (χ1) is 12.0. The molecular weight excluding hydrogens is 340 g/mol. The molecule has 1 aromatic rings. The maximum Gasteiger partial charge on any atom is 0.226 e. The number of hydrogen-bond acceptors (Lipinski definition) is 3. The molecule has 2 aliphatic rings. The second-order valence-electron chi connectivity index (χ2n) is 7.05. The third kappa shape index (κ3) is 3.61. The zero-order valence-corrected chi connectivity index (χ0v) is 15.7.